The summed E-state index contributed by atoms with van der Waals surface area (Å²) >= 11 is 0. The zero-order valence-electron chi connectivity index (χ0n) is 7.60. The van der Waals surface area contributed by atoms with E-state index in [1.165, 1.54) is 19.3 Å². The molecule has 2 heteroatoms. The molecule has 0 heterocycles. The van der Waals surface area contributed by atoms with Crippen LogP contribution in [0, 0.1) is 5.92 Å². The summed E-state index contributed by atoms with van der Waals surface area (Å²) in [5.41, 5.74) is 5.03. The van der Waals surface area contributed by atoms with E-state index in [1.807, 2.05) is 0 Å². The summed E-state index contributed by atoms with van der Waals surface area (Å²) in [7, 11) is 0. The van der Waals surface area contributed by atoms with Crippen molar-refractivity contribution in [2.75, 3.05) is 0 Å². The summed E-state index contributed by atoms with van der Waals surface area (Å²) < 4.78 is 0. The first-order valence-corrected chi connectivity index (χ1v) is 4.45. The Morgan fingerprint density at radius 1 is 1.45 bits per heavy atom. The van der Waals surface area contributed by atoms with Gasteiger partial charge >= 0.3 is 0 Å². The second kappa shape index (κ2) is 6.20. The predicted octanol–water partition coefficient (Wildman–Crippen LogP) is 2.08. The van der Waals surface area contributed by atoms with Crippen LogP contribution in [-0.4, -0.2) is 5.91 Å². The Bertz CT molecular complexity index is 112. The van der Waals surface area contributed by atoms with E-state index in [2.05, 4.69) is 13.8 Å². The first-order chi connectivity index (χ1) is 5.16. The number of unbranched alkanes of at least 4 members (excludes halogenated alkanes) is 1. The van der Waals surface area contributed by atoms with Crippen molar-refractivity contribution in [3.05, 3.63) is 0 Å². The third-order valence-corrected chi connectivity index (χ3v) is 1.93. The number of hydrogen-bond donors (Lipinski definition) is 1. The Labute approximate surface area is 69.2 Å². The van der Waals surface area contributed by atoms with Gasteiger partial charge in [-0.25, -0.2) is 0 Å². The van der Waals surface area contributed by atoms with Crippen molar-refractivity contribution < 1.29 is 4.79 Å². The Hall–Kier alpha value is -0.530. The van der Waals surface area contributed by atoms with Crippen LogP contribution in [0.3, 0.4) is 0 Å². The van der Waals surface area contributed by atoms with Crippen LogP contribution in [0.15, 0.2) is 0 Å². The van der Waals surface area contributed by atoms with E-state index in [0.29, 0.717) is 12.3 Å². The van der Waals surface area contributed by atoms with Crippen LogP contribution in [-0.2, 0) is 4.79 Å². The highest BCUT2D eigenvalue weighted by Gasteiger charge is 2.02. The van der Waals surface area contributed by atoms with Gasteiger partial charge in [-0.05, 0) is 12.3 Å². The van der Waals surface area contributed by atoms with Gasteiger partial charge in [0, 0.05) is 6.42 Å². The zero-order valence-corrected chi connectivity index (χ0v) is 7.60. The van der Waals surface area contributed by atoms with Gasteiger partial charge in [0.05, 0.1) is 0 Å². The van der Waals surface area contributed by atoms with E-state index in [4.69, 9.17) is 5.73 Å². The molecule has 0 aromatic rings. The first kappa shape index (κ1) is 10.5. The number of rotatable bonds is 6. The van der Waals surface area contributed by atoms with Crippen molar-refractivity contribution in [2.24, 2.45) is 11.7 Å². The lowest BCUT2D eigenvalue weighted by atomic mass is 9.99. The molecule has 0 fully saturated rings. The quantitative estimate of drug-likeness (QED) is 0.630. The minimum absolute atomic E-state index is 0.173. The van der Waals surface area contributed by atoms with Gasteiger partial charge in [-0.3, -0.25) is 4.79 Å². The fourth-order valence-electron chi connectivity index (χ4n) is 1.09. The van der Waals surface area contributed by atoms with E-state index in [9.17, 15) is 4.79 Å². The highest BCUT2D eigenvalue weighted by atomic mass is 16.1. The molecule has 0 unspecified atom stereocenters. The molecule has 0 aliphatic heterocycles. The van der Waals surface area contributed by atoms with Crippen molar-refractivity contribution in [2.45, 2.75) is 46.0 Å². The number of nitrogens with two attached hydrogens (primary N) is 1. The molecule has 0 aromatic heterocycles. The topological polar surface area (TPSA) is 43.1 Å². The maximum Gasteiger partial charge on any atom is 0.217 e. The Balaban J connectivity index is 3.22. The smallest absolute Gasteiger partial charge is 0.217 e. The molecule has 0 saturated carbocycles. The molecule has 0 bridgehead atoms. The van der Waals surface area contributed by atoms with Gasteiger partial charge in [-0.15, -0.1) is 0 Å². The summed E-state index contributed by atoms with van der Waals surface area (Å²) in [6.45, 7) is 4.36. The predicted molar refractivity (Wildman–Crippen MR) is 47.1 cm³/mol. The summed E-state index contributed by atoms with van der Waals surface area (Å²) in [5.74, 6) is 0.482. The number of amides is 1. The van der Waals surface area contributed by atoms with Crippen LogP contribution in [0.1, 0.15) is 46.0 Å². The van der Waals surface area contributed by atoms with E-state index in [1.54, 1.807) is 0 Å². The largest absolute Gasteiger partial charge is 0.370 e. The average molecular weight is 157 g/mol. The molecule has 2 nitrogen and oxygen atoms in total. The maximum atomic E-state index is 10.4. The Morgan fingerprint density at radius 3 is 2.55 bits per heavy atom. The molecule has 0 rings (SSSR count). The van der Waals surface area contributed by atoms with Crippen LogP contribution in [0.2, 0.25) is 0 Å². The van der Waals surface area contributed by atoms with Crippen LogP contribution in [0.25, 0.3) is 0 Å². The number of hydrogen-bond acceptors (Lipinski definition) is 1. The molecule has 11 heavy (non-hydrogen) atoms. The van der Waals surface area contributed by atoms with Crippen LogP contribution in [0.4, 0.5) is 0 Å². The van der Waals surface area contributed by atoms with Gasteiger partial charge in [0.1, 0.15) is 0 Å². The summed E-state index contributed by atoms with van der Waals surface area (Å²) in [6.07, 6.45) is 5.23. The molecule has 1 atom stereocenters. The molecule has 0 aliphatic rings. The van der Waals surface area contributed by atoms with Gasteiger partial charge in [-0.2, -0.15) is 0 Å². The summed E-state index contributed by atoms with van der Waals surface area (Å²) in [4.78, 5) is 10.4. The molecule has 0 radical (unpaired) electrons. The molecule has 0 aliphatic carbocycles. The van der Waals surface area contributed by atoms with Gasteiger partial charge < -0.3 is 5.73 Å². The first-order valence-electron chi connectivity index (χ1n) is 4.45. The molecule has 0 aromatic carbocycles. The summed E-state index contributed by atoms with van der Waals surface area (Å²) in [6, 6.07) is 0. The highest BCUT2D eigenvalue weighted by molar-refractivity contribution is 5.73. The van der Waals surface area contributed by atoms with E-state index in [-0.39, 0.29) is 5.91 Å². The van der Waals surface area contributed by atoms with Crippen molar-refractivity contribution in [3.8, 4) is 0 Å². The molecule has 2 N–H and O–H groups in total. The zero-order chi connectivity index (χ0) is 8.69. The van der Waals surface area contributed by atoms with Gasteiger partial charge in [-0.1, -0.05) is 33.1 Å². The third-order valence-electron chi connectivity index (χ3n) is 1.93. The Kier molecular flexibility index (Phi) is 5.90. The minimum atomic E-state index is -0.173. The van der Waals surface area contributed by atoms with E-state index in [0.717, 1.165) is 6.42 Å². The van der Waals surface area contributed by atoms with Gasteiger partial charge in [0.15, 0.2) is 0 Å². The van der Waals surface area contributed by atoms with Crippen LogP contribution >= 0.6 is 0 Å². The van der Waals surface area contributed by atoms with Crippen LogP contribution < -0.4 is 5.73 Å². The third kappa shape index (κ3) is 7.37. The fourth-order valence-corrected chi connectivity index (χ4v) is 1.09. The van der Waals surface area contributed by atoms with Gasteiger partial charge in [0.2, 0.25) is 5.91 Å². The second-order valence-corrected chi connectivity index (χ2v) is 3.25. The molecule has 1 amide bonds. The van der Waals surface area contributed by atoms with Crippen molar-refractivity contribution in [3.63, 3.8) is 0 Å². The fraction of sp³-hybridized carbons (Fsp3) is 0.889. The lowest BCUT2D eigenvalue weighted by Crippen LogP contribution is -2.11. The average Bonchev–Trinajstić information content (AvgIpc) is 1.97. The van der Waals surface area contributed by atoms with Crippen LogP contribution in [0.5, 0.6) is 0 Å². The van der Waals surface area contributed by atoms with Gasteiger partial charge in [0.25, 0.3) is 0 Å². The normalized spacial score (nSPS) is 12.9. The number of carbonyl (C=O) groups is 1. The lowest BCUT2D eigenvalue weighted by Gasteiger charge is -2.07. The number of carbonyl (C=O) groups excluding carboxylic acids is 1. The SMILES string of the molecule is CCCC[C@@H](C)CCC(N)=O. The molecular weight excluding hydrogens is 138 g/mol. The van der Waals surface area contributed by atoms with E-state index < -0.39 is 0 Å². The second-order valence-electron chi connectivity index (χ2n) is 3.25. The minimum Gasteiger partial charge on any atom is -0.370 e. The van der Waals surface area contributed by atoms with Crippen molar-refractivity contribution in [1.29, 1.82) is 0 Å². The lowest BCUT2D eigenvalue weighted by molar-refractivity contribution is -0.118. The molecule has 0 spiro atoms. The molecule has 0 saturated heterocycles. The Morgan fingerprint density at radius 2 is 2.09 bits per heavy atom. The maximum absolute atomic E-state index is 10.4. The van der Waals surface area contributed by atoms with E-state index >= 15 is 0 Å². The monoisotopic (exact) mass is 157 g/mol. The highest BCUT2D eigenvalue weighted by Crippen LogP contribution is 2.12. The van der Waals surface area contributed by atoms with Crippen molar-refractivity contribution >= 4 is 5.91 Å². The number of primary amides is 1. The standard InChI is InChI=1S/C9H19NO/c1-3-4-5-8(2)6-7-9(10)11/h8H,3-7H2,1-2H3,(H2,10,11)/t8-/m1/s1. The molecule has 66 valence electrons. The summed E-state index contributed by atoms with van der Waals surface area (Å²) in [5, 5.41) is 0. The molecular formula is C9H19NO. The van der Waals surface area contributed by atoms with Crippen molar-refractivity contribution in [1.82, 2.24) is 0 Å².